The van der Waals surface area contributed by atoms with E-state index in [1.807, 2.05) is 6.92 Å². The number of carbonyl (C=O) groups is 1. The van der Waals surface area contributed by atoms with Gasteiger partial charge in [-0.1, -0.05) is 6.92 Å². The van der Waals surface area contributed by atoms with Crippen LogP contribution in [0.4, 0.5) is 0 Å². The predicted octanol–water partition coefficient (Wildman–Crippen LogP) is 1.42. The number of carbonyl (C=O) groups excluding carboxylic acids is 1. The summed E-state index contributed by atoms with van der Waals surface area (Å²) in [6, 6.07) is 0. The molecule has 1 aromatic rings. The Morgan fingerprint density at radius 2 is 2.20 bits per heavy atom. The molecule has 1 aliphatic carbocycles. The topological polar surface area (TPSA) is 50.2 Å². The van der Waals surface area contributed by atoms with Crippen LogP contribution in [0.15, 0.2) is 0 Å². The molecule has 1 aromatic heterocycles. The summed E-state index contributed by atoms with van der Waals surface area (Å²) < 4.78 is 2.12. The highest BCUT2D eigenvalue weighted by molar-refractivity contribution is 5.94. The molecule has 1 amide bonds. The predicted molar refractivity (Wildman–Crippen MR) is 77.6 cm³/mol. The van der Waals surface area contributed by atoms with E-state index in [0.717, 1.165) is 44.1 Å². The molecule has 5 heteroatoms. The van der Waals surface area contributed by atoms with Crippen molar-refractivity contribution in [3.63, 3.8) is 0 Å². The van der Waals surface area contributed by atoms with Crippen molar-refractivity contribution in [2.75, 3.05) is 19.6 Å². The monoisotopic (exact) mass is 276 g/mol. The molecule has 3 rings (SSSR count). The third-order valence-electron chi connectivity index (χ3n) is 4.34. The van der Waals surface area contributed by atoms with Gasteiger partial charge in [0.25, 0.3) is 5.91 Å². The quantitative estimate of drug-likeness (QED) is 0.885. The number of aromatic nitrogens is 2. The molecule has 2 aliphatic rings. The number of nitrogens with one attached hydrogen (secondary N) is 1. The van der Waals surface area contributed by atoms with Gasteiger partial charge in [-0.05, 0) is 32.2 Å². The zero-order valence-electron chi connectivity index (χ0n) is 12.5. The fourth-order valence-corrected chi connectivity index (χ4v) is 2.94. The van der Waals surface area contributed by atoms with Gasteiger partial charge in [-0.15, -0.1) is 0 Å². The molecular weight excluding hydrogens is 252 g/mol. The molecule has 1 saturated carbocycles. The van der Waals surface area contributed by atoms with E-state index in [-0.39, 0.29) is 5.91 Å². The smallest absolute Gasteiger partial charge is 0.272 e. The van der Waals surface area contributed by atoms with Gasteiger partial charge in [-0.2, -0.15) is 5.10 Å². The van der Waals surface area contributed by atoms with Gasteiger partial charge in [0.1, 0.15) is 0 Å². The maximum absolute atomic E-state index is 12.2. The van der Waals surface area contributed by atoms with Gasteiger partial charge in [0.2, 0.25) is 0 Å². The van der Waals surface area contributed by atoms with Crippen LogP contribution < -0.4 is 5.32 Å². The molecule has 0 atom stereocenters. The van der Waals surface area contributed by atoms with Gasteiger partial charge in [0.05, 0.1) is 0 Å². The number of amides is 1. The fourth-order valence-electron chi connectivity index (χ4n) is 2.94. The van der Waals surface area contributed by atoms with Crippen LogP contribution in [-0.4, -0.2) is 40.2 Å². The zero-order chi connectivity index (χ0) is 14.1. The Morgan fingerprint density at radius 1 is 1.40 bits per heavy atom. The summed E-state index contributed by atoms with van der Waals surface area (Å²) in [6.07, 6.45) is 3.64. The van der Waals surface area contributed by atoms with Crippen LogP contribution in [0, 0.1) is 5.92 Å². The lowest BCUT2D eigenvalue weighted by Gasteiger charge is -2.26. The van der Waals surface area contributed by atoms with Crippen LogP contribution >= 0.6 is 0 Å². The lowest BCUT2D eigenvalue weighted by molar-refractivity contribution is 0.0947. The van der Waals surface area contributed by atoms with Gasteiger partial charge in [0, 0.05) is 43.9 Å². The van der Waals surface area contributed by atoms with Gasteiger partial charge < -0.3 is 5.32 Å². The van der Waals surface area contributed by atoms with E-state index >= 15 is 0 Å². The molecule has 110 valence electrons. The van der Waals surface area contributed by atoms with Crippen LogP contribution in [0.1, 0.15) is 48.4 Å². The summed E-state index contributed by atoms with van der Waals surface area (Å²) in [4.78, 5) is 14.6. The number of fused-ring (bicyclic) bond motifs is 1. The summed E-state index contributed by atoms with van der Waals surface area (Å²) >= 11 is 0. The number of hydrogen-bond donors (Lipinski definition) is 1. The molecular formula is C15H24N4O. The number of likely N-dealkylation sites (N-methyl/N-ethyl adjacent to an activating group) is 1. The second kappa shape index (κ2) is 5.56. The van der Waals surface area contributed by atoms with E-state index < -0.39 is 0 Å². The highest BCUT2D eigenvalue weighted by Crippen LogP contribution is 2.32. The Hall–Kier alpha value is -1.36. The summed E-state index contributed by atoms with van der Waals surface area (Å²) in [7, 11) is 0. The van der Waals surface area contributed by atoms with Crippen LogP contribution in [0.2, 0.25) is 0 Å². The minimum atomic E-state index is -0.0174. The molecule has 0 saturated heterocycles. The maximum Gasteiger partial charge on any atom is 0.272 e. The molecule has 1 aliphatic heterocycles. The van der Waals surface area contributed by atoms with Crippen molar-refractivity contribution in [2.45, 2.75) is 46.2 Å². The van der Waals surface area contributed by atoms with Crippen LogP contribution in [0.3, 0.4) is 0 Å². The van der Waals surface area contributed by atoms with Crippen molar-refractivity contribution in [1.82, 2.24) is 20.0 Å². The minimum absolute atomic E-state index is 0.0174. The molecule has 5 nitrogen and oxygen atoms in total. The van der Waals surface area contributed by atoms with E-state index in [9.17, 15) is 4.79 Å². The number of rotatable bonds is 5. The summed E-state index contributed by atoms with van der Waals surface area (Å²) in [5.41, 5.74) is 3.10. The molecule has 1 N–H and O–H groups in total. The highest BCUT2D eigenvalue weighted by Gasteiger charge is 2.30. The largest absolute Gasteiger partial charge is 0.351 e. The summed E-state index contributed by atoms with van der Waals surface area (Å²) in [6.45, 7) is 8.74. The molecule has 20 heavy (non-hydrogen) atoms. The Kier molecular flexibility index (Phi) is 3.78. The molecule has 0 bridgehead atoms. The van der Waals surface area contributed by atoms with Crippen molar-refractivity contribution in [3.8, 4) is 0 Å². The lowest BCUT2D eigenvalue weighted by atomic mass is 10.0. The van der Waals surface area contributed by atoms with Crippen LogP contribution in [0.25, 0.3) is 0 Å². The van der Waals surface area contributed by atoms with Gasteiger partial charge in [-0.25, -0.2) is 0 Å². The third kappa shape index (κ3) is 2.59. The fraction of sp³-hybridized carbons (Fsp3) is 0.733. The maximum atomic E-state index is 12.2. The molecule has 1 fully saturated rings. The molecule has 0 spiro atoms. The first-order valence-corrected chi connectivity index (χ1v) is 7.82. The Labute approximate surface area is 120 Å². The lowest BCUT2D eigenvalue weighted by Crippen LogP contribution is -2.32. The number of hydrogen-bond acceptors (Lipinski definition) is 3. The van der Waals surface area contributed by atoms with E-state index in [1.165, 1.54) is 18.5 Å². The van der Waals surface area contributed by atoms with Crippen molar-refractivity contribution >= 4 is 5.91 Å². The Bertz CT molecular complexity index is 504. The van der Waals surface area contributed by atoms with Crippen LogP contribution in [0.5, 0.6) is 0 Å². The summed E-state index contributed by atoms with van der Waals surface area (Å²) in [5.74, 6) is 0.765. The van der Waals surface area contributed by atoms with Crippen molar-refractivity contribution in [3.05, 3.63) is 17.0 Å². The molecule has 0 aromatic carbocycles. The first-order chi connectivity index (χ1) is 9.72. The first kappa shape index (κ1) is 13.6. The minimum Gasteiger partial charge on any atom is -0.351 e. The first-order valence-electron chi connectivity index (χ1n) is 7.82. The van der Waals surface area contributed by atoms with Crippen molar-refractivity contribution in [1.29, 1.82) is 0 Å². The second-order valence-corrected chi connectivity index (χ2v) is 5.88. The SMILES string of the molecule is CCNC(=O)c1nn(CC2CC2)c2c1CN(CC)CC2. The van der Waals surface area contributed by atoms with E-state index in [1.54, 1.807) is 0 Å². The summed E-state index contributed by atoms with van der Waals surface area (Å²) in [5, 5.41) is 7.53. The van der Waals surface area contributed by atoms with E-state index in [2.05, 4.69) is 26.9 Å². The van der Waals surface area contributed by atoms with E-state index in [4.69, 9.17) is 0 Å². The average Bonchev–Trinajstić information content (AvgIpc) is 3.20. The molecule has 0 unspecified atom stereocenters. The Morgan fingerprint density at radius 3 is 2.85 bits per heavy atom. The van der Waals surface area contributed by atoms with Gasteiger partial charge in [0.15, 0.2) is 5.69 Å². The van der Waals surface area contributed by atoms with E-state index in [0.29, 0.717) is 12.2 Å². The van der Waals surface area contributed by atoms with Gasteiger partial charge >= 0.3 is 0 Å². The van der Waals surface area contributed by atoms with Crippen molar-refractivity contribution < 1.29 is 4.79 Å². The zero-order valence-corrected chi connectivity index (χ0v) is 12.5. The molecule has 2 heterocycles. The third-order valence-corrected chi connectivity index (χ3v) is 4.34. The Balaban J connectivity index is 1.91. The second-order valence-electron chi connectivity index (χ2n) is 5.88. The highest BCUT2D eigenvalue weighted by atomic mass is 16.1. The standard InChI is InChI=1S/C15H24N4O/c1-3-16-15(20)14-12-10-18(4-2)8-7-13(12)19(17-14)9-11-5-6-11/h11H,3-10H2,1-2H3,(H,16,20). The number of nitrogens with zero attached hydrogens (tertiary/aromatic N) is 3. The molecule has 0 radical (unpaired) electrons. The van der Waals surface area contributed by atoms with Gasteiger partial charge in [-0.3, -0.25) is 14.4 Å². The average molecular weight is 276 g/mol. The van der Waals surface area contributed by atoms with Crippen molar-refractivity contribution in [2.24, 2.45) is 5.92 Å². The normalized spacial score (nSPS) is 18.9. The van der Waals surface area contributed by atoms with Crippen LogP contribution in [-0.2, 0) is 19.5 Å².